The standard InChI is InChI=1S/C15H22BrNO2/c1-15(5-7-19-8-6-15)11-17-10-12-9-13(18-2)3-4-14(12)16/h3-4,9,17H,5-8,10-11H2,1-2H3. The zero-order valence-electron chi connectivity index (χ0n) is 11.7. The molecule has 1 aromatic rings. The van der Waals surface area contributed by atoms with Crippen molar-refractivity contribution in [2.24, 2.45) is 5.41 Å². The summed E-state index contributed by atoms with van der Waals surface area (Å²) in [5, 5.41) is 3.56. The molecule has 4 heteroatoms. The molecule has 0 bridgehead atoms. The van der Waals surface area contributed by atoms with Gasteiger partial charge in [-0.05, 0) is 42.0 Å². The van der Waals surface area contributed by atoms with Crippen LogP contribution in [0.15, 0.2) is 22.7 Å². The van der Waals surface area contributed by atoms with Gasteiger partial charge < -0.3 is 14.8 Å². The third kappa shape index (κ3) is 4.20. The highest BCUT2D eigenvalue weighted by atomic mass is 79.9. The van der Waals surface area contributed by atoms with Gasteiger partial charge in [0.15, 0.2) is 0 Å². The van der Waals surface area contributed by atoms with Gasteiger partial charge in [-0.1, -0.05) is 22.9 Å². The smallest absolute Gasteiger partial charge is 0.119 e. The Hall–Kier alpha value is -0.580. The molecule has 0 amide bonds. The first kappa shape index (κ1) is 14.8. The van der Waals surface area contributed by atoms with Gasteiger partial charge in [0.2, 0.25) is 0 Å². The van der Waals surface area contributed by atoms with Gasteiger partial charge in [-0.2, -0.15) is 0 Å². The van der Waals surface area contributed by atoms with Crippen molar-refractivity contribution in [2.45, 2.75) is 26.3 Å². The van der Waals surface area contributed by atoms with E-state index in [0.29, 0.717) is 5.41 Å². The molecule has 3 nitrogen and oxygen atoms in total. The van der Waals surface area contributed by atoms with Gasteiger partial charge in [0, 0.05) is 30.8 Å². The molecular weight excluding hydrogens is 306 g/mol. The van der Waals surface area contributed by atoms with Crippen LogP contribution in [0.2, 0.25) is 0 Å². The highest BCUT2D eigenvalue weighted by Crippen LogP contribution is 2.29. The Morgan fingerprint density at radius 2 is 2.11 bits per heavy atom. The highest BCUT2D eigenvalue weighted by Gasteiger charge is 2.26. The van der Waals surface area contributed by atoms with Gasteiger partial charge in [-0.25, -0.2) is 0 Å². The van der Waals surface area contributed by atoms with E-state index in [0.717, 1.165) is 49.4 Å². The number of rotatable bonds is 5. The molecule has 0 saturated carbocycles. The van der Waals surface area contributed by atoms with Gasteiger partial charge in [0.05, 0.1) is 7.11 Å². The molecular formula is C15H22BrNO2. The molecule has 0 unspecified atom stereocenters. The SMILES string of the molecule is COc1ccc(Br)c(CNCC2(C)CCOCC2)c1. The van der Waals surface area contributed by atoms with E-state index in [1.807, 2.05) is 12.1 Å². The van der Waals surface area contributed by atoms with Crippen LogP contribution in [0.4, 0.5) is 0 Å². The van der Waals surface area contributed by atoms with Crippen molar-refractivity contribution in [3.63, 3.8) is 0 Å². The lowest BCUT2D eigenvalue weighted by Gasteiger charge is -2.33. The van der Waals surface area contributed by atoms with Gasteiger partial charge in [0.25, 0.3) is 0 Å². The topological polar surface area (TPSA) is 30.5 Å². The number of benzene rings is 1. The predicted octanol–water partition coefficient (Wildman–Crippen LogP) is 3.36. The second-order valence-corrected chi connectivity index (χ2v) is 6.34. The third-order valence-corrected chi connectivity index (χ3v) is 4.59. The Morgan fingerprint density at radius 3 is 2.79 bits per heavy atom. The minimum atomic E-state index is 0.365. The second kappa shape index (κ2) is 6.73. The Labute approximate surface area is 123 Å². The van der Waals surface area contributed by atoms with Crippen LogP contribution in [-0.4, -0.2) is 26.9 Å². The Morgan fingerprint density at radius 1 is 1.37 bits per heavy atom. The first-order chi connectivity index (χ1) is 9.13. The molecule has 0 aromatic heterocycles. The lowest BCUT2D eigenvalue weighted by molar-refractivity contribution is 0.0240. The predicted molar refractivity (Wildman–Crippen MR) is 80.6 cm³/mol. The molecule has 1 aliphatic heterocycles. The first-order valence-electron chi connectivity index (χ1n) is 6.74. The van der Waals surface area contributed by atoms with Gasteiger partial charge in [0.1, 0.15) is 5.75 Å². The fourth-order valence-electron chi connectivity index (χ4n) is 2.35. The average molecular weight is 328 g/mol. The number of hydrogen-bond donors (Lipinski definition) is 1. The largest absolute Gasteiger partial charge is 0.497 e. The minimum Gasteiger partial charge on any atom is -0.497 e. The molecule has 0 aliphatic carbocycles. The second-order valence-electron chi connectivity index (χ2n) is 5.48. The Bertz CT molecular complexity index is 417. The average Bonchev–Trinajstić information content (AvgIpc) is 2.41. The number of hydrogen-bond acceptors (Lipinski definition) is 3. The van der Waals surface area contributed by atoms with Crippen molar-refractivity contribution in [1.82, 2.24) is 5.32 Å². The normalized spacial score (nSPS) is 18.3. The molecule has 2 rings (SSSR count). The number of ether oxygens (including phenoxy) is 2. The lowest BCUT2D eigenvalue weighted by Crippen LogP contribution is -2.36. The van der Waals surface area contributed by atoms with Crippen LogP contribution < -0.4 is 10.1 Å². The van der Waals surface area contributed by atoms with E-state index in [2.05, 4.69) is 34.2 Å². The minimum absolute atomic E-state index is 0.365. The summed E-state index contributed by atoms with van der Waals surface area (Å²) in [5.41, 5.74) is 1.60. The third-order valence-electron chi connectivity index (χ3n) is 3.82. The summed E-state index contributed by atoms with van der Waals surface area (Å²) in [4.78, 5) is 0. The molecule has 106 valence electrons. The Kier molecular flexibility index (Phi) is 5.25. The fraction of sp³-hybridized carbons (Fsp3) is 0.600. The summed E-state index contributed by atoms with van der Waals surface area (Å²) in [6, 6.07) is 6.07. The van der Waals surface area contributed by atoms with Crippen LogP contribution in [0.5, 0.6) is 5.75 Å². The molecule has 0 atom stereocenters. The van der Waals surface area contributed by atoms with Gasteiger partial charge >= 0.3 is 0 Å². The van der Waals surface area contributed by atoms with Crippen molar-refractivity contribution >= 4 is 15.9 Å². The lowest BCUT2D eigenvalue weighted by atomic mass is 9.82. The molecule has 1 saturated heterocycles. The molecule has 1 aromatic carbocycles. The molecule has 1 aliphatic rings. The monoisotopic (exact) mass is 327 g/mol. The molecule has 1 fully saturated rings. The number of nitrogens with one attached hydrogen (secondary N) is 1. The van der Waals surface area contributed by atoms with Crippen molar-refractivity contribution in [3.8, 4) is 5.75 Å². The number of halogens is 1. The van der Waals surface area contributed by atoms with E-state index in [4.69, 9.17) is 9.47 Å². The van der Waals surface area contributed by atoms with Gasteiger partial charge in [-0.3, -0.25) is 0 Å². The zero-order chi connectivity index (χ0) is 13.7. The van der Waals surface area contributed by atoms with Gasteiger partial charge in [-0.15, -0.1) is 0 Å². The van der Waals surface area contributed by atoms with Crippen LogP contribution in [0.1, 0.15) is 25.3 Å². The van der Waals surface area contributed by atoms with Crippen molar-refractivity contribution < 1.29 is 9.47 Å². The molecule has 19 heavy (non-hydrogen) atoms. The number of methoxy groups -OCH3 is 1. The summed E-state index contributed by atoms with van der Waals surface area (Å²) in [7, 11) is 1.70. The highest BCUT2D eigenvalue weighted by molar-refractivity contribution is 9.10. The van der Waals surface area contributed by atoms with E-state index in [1.54, 1.807) is 7.11 Å². The maximum Gasteiger partial charge on any atom is 0.119 e. The van der Waals surface area contributed by atoms with Crippen LogP contribution in [0, 0.1) is 5.41 Å². The van der Waals surface area contributed by atoms with E-state index in [1.165, 1.54) is 5.56 Å². The van der Waals surface area contributed by atoms with Crippen molar-refractivity contribution in [3.05, 3.63) is 28.2 Å². The van der Waals surface area contributed by atoms with E-state index >= 15 is 0 Å². The first-order valence-corrected chi connectivity index (χ1v) is 7.53. The van der Waals surface area contributed by atoms with Crippen molar-refractivity contribution in [2.75, 3.05) is 26.9 Å². The zero-order valence-corrected chi connectivity index (χ0v) is 13.3. The molecule has 0 spiro atoms. The van der Waals surface area contributed by atoms with Crippen LogP contribution in [-0.2, 0) is 11.3 Å². The van der Waals surface area contributed by atoms with E-state index in [9.17, 15) is 0 Å². The maximum absolute atomic E-state index is 5.43. The summed E-state index contributed by atoms with van der Waals surface area (Å²) in [6.45, 7) is 6.00. The summed E-state index contributed by atoms with van der Waals surface area (Å²) in [6.07, 6.45) is 2.28. The van der Waals surface area contributed by atoms with E-state index in [-0.39, 0.29) is 0 Å². The molecule has 1 N–H and O–H groups in total. The van der Waals surface area contributed by atoms with E-state index < -0.39 is 0 Å². The van der Waals surface area contributed by atoms with Crippen LogP contribution in [0.25, 0.3) is 0 Å². The Balaban J connectivity index is 1.88. The van der Waals surface area contributed by atoms with Crippen LogP contribution >= 0.6 is 15.9 Å². The maximum atomic E-state index is 5.43. The quantitative estimate of drug-likeness (QED) is 0.899. The van der Waals surface area contributed by atoms with Crippen molar-refractivity contribution in [1.29, 1.82) is 0 Å². The summed E-state index contributed by atoms with van der Waals surface area (Å²) < 4.78 is 11.8. The summed E-state index contributed by atoms with van der Waals surface area (Å²) in [5.74, 6) is 0.900. The molecule has 0 radical (unpaired) electrons. The van der Waals surface area contributed by atoms with Crippen LogP contribution in [0.3, 0.4) is 0 Å². The fourth-order valence-corrected chi connectivity index (χ4v) is 2.74. The molecule has 1 heterocycles. The summed E-state index contributed by atoms with van der Waals surface area (Å²) >= 11 is 3.58.